The van der Waals surface area contributed by atoms with Crippen molar-refractivity contribution in [3.63, 3.8) is 0 Å². The average Bonchev–Trinajstić information content (AvgIpc) is 2.29. The standard InChI is InChI=1S/C11H22ClNO2/c12-8-11(15)9-13(6-7-14)10-4-2-1-3-5-10/h10-11,14-15H,1-9H2. The van der Waals surface area contributed by atoms with E-state index in [4.69, 9.17) is 16.7 Å². The van der Waals surface area contributed by atoms with Crippen molar-refractivity contribution in [1.29, 1.82) is 0 Å². The Balaban J connectivity index is 2.39. The lowest BCUT2D eigenvalue weighted by atomic mass is 9.94. The van der Waals surface area contributed by atoms with Gasteiger partial charge in [0, 0.05) is 25.0 Å². The fraction of sp³-hybridized carbons (Fsp3) is 1.00. The van der Waals surface area contributed by atoms with Crippen molar-refractivity contribution >= 4 is 11.6 Å². The van der Waals surface area contributed by atoms with Gasteiger partial charge in [-0.05, 0) is 12.8 Å². The number of alkyl halides is 1. The van der Waals surface area contributed by atoms with Gasteiger partial charge in [0.15, 0.2) is 0 Å². The number of rotatable bonds is 6. The first kappa shape index (κ1) is 13.2. The van der Waals surface area contributed by atoms with Crippen LogP contribution in [0, 0.1) is 0 Å². The molecule has 0 saturated heterocycles. The van der Waals surface area contributed by atoms with E-state index >= 15 is 0 Å². The Morgan fingerprint density at radius 3 is 2.47 bits per heavy atom. The monoisotopic (exact) mass is 235 g/mol. The Hall–Kier alpha value is 0.170. The maximum atomic E-state index is 9.53. The van der Waals surface area contributed by atoms with Crippen molar-refractivity contribution in [3.8, 4) is 0 Å². The van der Waals surface area contributed by atoms with Crippen LogP contribution < -0.4 is 0 Å². The van der Waals surface area contributed by atoms with Crippen LogP contribution in [0.4, 0.5) is 0 Å². The molecule has 0 aromatic heterocycles. The number of nitrogens with zero attached hydrogens (tertiary/aromatic N) is 1. The van der Waals surface area contributed by atoms with Gasteiger partial charge in [-0.25, -0.2) is 0 Å². The summed E-state index contributed by atoms with van der Waals surface area (Å²) in [6.45, 7) is 1.40. The predicted molar refractivity (Wildman–Crippen MR) is 62.3 cm³/mol. The zero-order chi connectivity index (χ0) is 11.1. The minimum absolute atomic E-state index is 0.158. The van der Waals surface area contributed by atoms with Crippen LogP contribution in [-0.4, -0.2) is 52.8 Å². The first-order valence-electron chi connectivity index (χ1n) is 5.87. The Morgan fingerprint density at radius 2 is 1.93 bits per heavy atom. The van der Waals surface area contributed by atoms with Gasteiger partial charge in [0.2, 0.25) is 0 Å². The lowest BCUT2D eigenvalue weighted by Gasteiger charge is -2.34. The molecule has 1 atom stereocenters. The van der Waals surface area contributed by atoms with Gasteiger partial charge in [0.25, 0.3) is 0 Å². The minimum atomic E-state index is -0.472. The zero-order valence-electron chi connectivity index (χ0n) is 9.24. The highest BCUT2D eigenvalue weighted by Crippen LogP contribution is 2.22. The lowest BCUT2D eigenvalue weighted by Crippen LogP contribution is -2.43. The molecule has 1 fully saturated rings. The van der Waals surface area contributed by atoms with E-state index in [-0.39, 0.29) is 12.5 Å². The molecule has 0 radical (unpaired) electrons. The molecule has 15 heavy (non-hydrogen) atoms. The second-order valence-electron chi connectivity index (χ2n) is 4.32. The third-order valence-corrected chi connectivity index (χ3v) is 3.46. The van der Waals surface area contributed by atoms with Crippen molar-refractivity contribution in [1.82, 2.24) is 4.90 Å². The topological polar surface area (TPSA) is 43.7 Å². The summed E-state index contributed by atoms with van der Waals surface area (Å²) < 4.78 is 0. The second-order valence-corrected chi connectivity index (χ2v) is 4.63. The van der Waals surface area contributed by atoms with Crippen molar-refractivity contribution in [2.45, 2.75) is 44.2 Å². The molecule has 90 valence electrons. The van der Waals surface area contributed by atoms with Crippen molar-refractivity contribution in [2.75, 3.05) is 25.6 Å². The van der Waals surface area contributed by atoms with Crippen LogP contribution >= 0.6 is 11.6 Å². The van der Waals surface area contributed by atoms with Crippen LogP contribution in [-0.2, 0) is 0 Å². The van der Waals surface area contributed by atoms with Crippen LogP contribution in [0.1, 0.15) is 32.1 Å². The molecular formula is C11H22ClNO2. The van der Waals surface area contributed by atoms with Crippen molar-refractivity contribution in [3.05, 3.63) is 0 Å². The summed E-state index contributed by atoms with van der Waals surface area (Å²) in [6, 6.07) is 0.531. The molecule has 2 N–H and O–H groups in total. The first-order valence-corrected chi connectivity index (χ1v) is 6.40. The zero-order valence-corrected chi connectivity index (χ0v) is 9.99. The molecule has 1 saturated carbocycles. The second kappa shape index (κ2) is 7.44. The number of aliphatic hydroxyl groups excluding tert-OH is 2. The summed E-state index contributed by atoms with van der Waals surface area (Å²) in [7, 11) is 0. The number of halogens is 1. The first-order chi connectivity index (χ1) is 7.27. The molecule has 4 heteroatoms. The third kappa shape index (κ3) is 4.68. The summed E-state index contributed by atoms with van der Waals surface area (Å²) in [5.74, 6) is 0.272. The molecule has 0 amide bonds. The predicted octanol–water partition coefficient (Wildman–Crippen LogP) is 1.21. The van der Waals surface area contributed by atoms with E-state index < -0.39 is 6.10 Å². The van der Waals surface area contributed by atoms with Gasteiger partial charge in [-0.2, -0.15) is 0 Å². The molecule has 3 nitrogen and oxygen atoms in total. The minimum Gasteiger partial charge on any atom is -0.395 e. The van der Waals surface area contributed by atoms with Crippen LogP contribution in [0.15, 0.2) is 0 Å². The molecule has 0 bridgehead atoms. The molecule has 0 spiro atoms. The molecule has 0 aromatic carbocycles. The van der Waals surface area contributed by atoms with E-state index in [0.717, 1.165) is 0 Å². The van der Waals surface area contributed by atoms with Crippen LogP contribution in [0.2, 0.25) is 0 Å². The highest BCUT2D eigenvalue weighted by atomic mass is 35.5. The normalized spacial score (nSPS) is 20.8. The third-order valence-electron chi connectivity index (χ3n) is 3.10. The van der Waals surface area contributed by atoms with E-state index in [9.17, 15) is 5.11 Å². The summed E-state index contributed by atoms with van der Waals surface area (Å²) >= 11 is 5.60. The highest BCUT2D eigenvalue weighted by Gasteiger charge is 2.22. The average molecular weight is 236 g/mol. The smallest absolute Gasteiger partial charge is 0.0802 e. The molecule has 0 aliphatic heterocycles. The number of hydrogen-bond donors (Lipinski definition) is 2. The van der Waals surface area contributed by atoms with Crippen molar-refractivity contribution < 1.29 is 10.2 Å². The summed E-state index contributed by atoms with van der Waals surface area (Å²) in [5, 5.41) is 18.5. The van der Waals surface area contributed by atoms with E-state index in [2.05, 4.69) is 4.90 Å². The van der Waals surface area contributed by atoms with Gasteiger partial charge in [-0.1, -0.05) is 19.3 Å². The van der Waals surface area contributed by atoms with Crippen LogP contribution in [0.25, 0.3) is 0 Å². The summed E-state index contributed by atoms with van der Waals surface area (Å²) in [5.41, 5.74) is 0. The van der Waals surface area contributed by atoms with Gasteiger partial charge < -0.3 is 10.2 Å². The van der Waals surface area contributed by atoms with Crippen LogP contribution in [0.5, 0.6) is 0 Å². The Bertz CT molecular complexity index is 163. The summed E-state index contributed by atoms with van der Waals surface area (Å²) in [4.78, 5) is 2.19. The van der Waals surface area contributed by atoms with Gasteiger partial charge >= 0.3 is 0 Å². The van der Waals surface area contributed by atoms with Gasteiger partial charge in [-0.15, -0.1) is 11.6 Å². The fourth-order valence-corrected chi connectivity index (χ4v) is 2.41. The van der Waals surface area contributed by atoms with E-state index in [0.29, 0.717) is 19.1 Å². The molecule has 1 rings (SSSR count). The van der Waals surface area contributed by atoms with E-state index in [1.165, 1.54) is 32.1 Å². The molecule has 0 aromatic rings. The Kier molecular flexibility index (Phi) is 6.57. The molecule has 0 heterocycles. The quantitative estimate of drug-likeness (QED) is 0.681. The fourth-order valence-electron chi connectivity index (χ4n) is 2.32. The van der Waals surface area contributed by atoms with Gasteiger partial charge in [0.05, 0.1) is 12.7 Å². The number of aliphatic hydroxyl groups is 2. The Morgan fingerprint density at radius 1 is 1.27 bits per heavy atom. The lowest BCUT2D eigenvalue weighted by molar-refractivity contribution is 0.0696. The van der Waals surface area contributed by atoms with E-state index in [1.807, 2.05) is 0 Å². The summed E-state index contributed by atoms with van der Waals surface area (Å²) in [6.07, 6.45) is 5.76. The Labute approximate surface area is 97.0 Å². The molecule has 1 aliphatic rings. The van der Waals surface area contributed by atoms with Gasteiger partial charge in [-0.3, -0.25) is 4.90 Å². The number of hydrogen-bond acceptors (Lipinski definition) is 3. The molecular weight excluding hydrogens is 214 g/mol. The largest absolute Gasteiger partial charge is 0.395 e. The van der Waals surface area contributed by atoms with Crippen LogP contribution in [0.3, 0.4) is 0 Å². The maximum Gasteiger partial charge on any atom is 0.0802 e. The SMILES string of the molecule is OCCN(CC(O)CCl)C1CCCCC1. The maximum absolute atomic E-state index is 9.53. The highest BCUT2D eigenvalue weighted by molar-refractivity contribution is 6.18. The molecule has 1 aliphatic carbocycles. The molecule has 1 unspecified atom stereocenters. The van der Waals surface area contributed by atoms with E-state index in [1.54, 1.807) is 0 Å². The van der Waals surface area contributed by atoms with Gasteiger partial charge in [0.1, 0.15) is 0 Å². The van der Waals surface area contributed by atoms with Crippen molar-refractivity contribution in [2.24, 2.45) is 0 Å².